The lowest BCUT2D eigenvalue weighted by atomic mass is 9.92. The first-order valence-corrected chi connectivity index (χ1v) is 9.39. The van der Waals surface area contributed by atoms with Crippen LogP contribution in [-0.4, -0.2) is 55.1 Å². The van der Waals surface area contributed by atoms with Crippen LogP contribution < -0.4 is 5.32 Å². The van der Waals surface area contributed by atoms with Crippen LogP contribution in [-0.2, 0) is 6.42 Å². The standard InChI is InChI=1S/C20H31N3O/c1-16(2)12-22-9-8-18(13-22)11-21-20(24)23-14-19(15-23)10-17-6-4-3-5-7-17/h3-7,16,18-19H,8-15H2,1-2H3,(H,21,24). The molecule has 1 aromatic carbocycles. The maximum atomic E-state index is 12.2. The quantitative estimate of drug-likeness (QED) is 0.871. The highest BCUT2D eigenvalue weighted by molar-refractivity contribution is 5.75. The number of benzene rings is 1. The molecule has 2 aliphatic heterocycles. The fraction of sp³-hybridized carbons (Fsp3) is 0.650. The molecule has 24 heavy (non-hydrogen) atoms. The van der Waals surface area contributed by atoms with Crippen molar-refractivity contribution in [1.82, 2.24) is 15.1 Å². The molecule has 2 amide bonds. The lowest BCUT2D eigenvalue weighted by Gasteiger charge is -2.39. The monoisotopic (exact) mass is 329 g/mol. The molecular formula is C20H31N3O. The smallest absolute Gasteiger partial charge is 0.317 e. The van der Waals surface area contributed by atoms with Crippen molar-refractivity contribution in [3.8, 4) is 0 Å². The molecule has 1 atom stereocenters. The van der Waals surface area contributed by atoms with Gasteiger partial charge >= 0.3 is 6.03 Å². The summed E-state index contributed by atoms with van der Waals surface area (Å²) in [6.45, 7) is 10.6. The predicted octanol–water partition coefficient (Wildman–Crippen LogP) is 2.85. The van der Waals surface area contributed by atoms with Crippen molar-refractivity contribution in [2.75, 3.05) is 39.3 Å². The Labute approximate surface area is 146 Å². The van der Waals surface area contributed by atoms with E-state index in [9.17, 15) is 4.79 Å². The first kappa shape index (κ1) is 17.3. The van der Waals surface area contributed by atoms with Gasteiger partial charge < -0.3 is 15.1 Å². The predicted molar refractivity (Wildman–Crippen MR) is 98.0 cm³/mol. The van der Waals surface area contributed by atoms with Crippen LogP contribution in [0.2, 0.25) is 0 Å². The molecule has 0 saturated carbocycles. The lowest BCUT2D eigenvalue weighted by molar-refractivity contribution is 0.119. The van der Waals surface area contributed by atoms with E-state index in [1.807, 2.05) is 4.90 Å². The molecule has 2 aliphatic rings. The van der Waals surface area contributed by atoms with Gasteiger partial charge in [-0.3, -0.25) is 0 Å². The van der Waals surface area contributed by atoms with E-state index in [-0.39, 0.29) is 6.03 Å². The highest BCUT2D eigenvalue weighted by atomic mass is 16.2. The normalized spacial score (nSPS) is 22.0. The van der Waals surface area contributed by atoms with E-state index < -0.39 is 0 Å². The molecule has 2 saturated heterocycles. The Balaban J connectivity index is 1.31. The van der Waals surface area contributed by atoms with Crippen LogP contribution in [0.25, 0.3) is 0 Å². The summed E-state index contributed by atoms with van der Waals surface area (Å²) < 4.78 is 0. The largest absolute Gasteiger partial charge is 0.338 e. The Morgan fingerprint density at radius 1 is 1.17 bits per heavy atom. The summed E-state index contributed by atoms with van der Waals surface area (Å²) in [6, 6.07) is 10.7. The molecule has 0 spiro atoms. The number of carbonyl (C=O) groups is 1. The zero-order valence-corrected chi connectivity index (χ0v) is 15.1. The number of carbonyl (C=O) groups excluding carboxylic acids is 1. The van der Waals surface area contributed by atoms with Gasteiger partial charge in [-0.1, -0.05) is 44.2 Å². The van der Waals surface area contributed by atoms with Crippen molar-refractivity contribution in [1.29, 1.82) is 0 Å². The average molecular weight is 329 g/mol. The Hall–Kier alpha value is -1.55. The molecule has 1 aromatic rings. The highest BCUT2D eigenvalue weighted by Crippen LogP contribution is 2.21. The Kier molecular flexibility index (Phi) is 5.77. The zero-order valence-electron chi connectivity index (χ0n) is 15.1. The van der Waals surface area contributed by atoms with Crippen LogP contribution in [0, 0.1) is 17.8 Å². The Bertz CT molecular complexity index is 525. The SMILES string of the molecule is CC(C)CN1CCC(CNC(=O)N2CC(Cc3ccccc3)C2)C1. The number of urea groups is 1. The van der Waals surface area contributed by atoms with Crippen LogP contribution in [0.3, 0.4) is 0 Å². The Morgan fingerprint density at radius 3 is 2.62 bits per heavy atom. The summed E-state index contributed by atoms with van der Waals surface area (Å²) >= 11 is 0. The summed E-state index contributed by atoms with van der Waals surface area (Å²) in [5.74, 6) is 1.96. The third-order valence-corrected chi connectivity index (χ3v) is 5.15. The van der Waals surface area contributed by atoms with Gasteiger partial charge in [-0.05, 0) is 42.7 Å². The molecule has 2 fully saturated rings. The van der Waals surface area contributed by atoms with Gasteiger partial charge in [0.05, 0.1) is 0 Å². The number of nitrogens with zero attached hydrogens (tertiary/aromatic N) is 2. The van der Waals surface area contributed by atoms with E-state index in [0.717, 1.165) is 38.5 Å². The van der Waals surface area contributed by atoms with Crippen LogP contribution in [0.1, 0.15) is 25.8 Å². The van der Waals surface area contributed by atoms with E-state index >= 15 is 0 Å². The molecule has 0 bridgehead atoms. The van der Waals surface area contributed by atoms with Gasteiger partial charge in [-0.15, -0.1) is 0 Å². The molecule has 3 rings (SSSR count). The van der Waals surface area contributed by atoms with Crippen LogP contribution in [0.5, 0.6) is 0 Å². The molecular weight excluding hydrogens is 298 g/mol. The number of hydrogen-bond acceptors (Lipinski definition) is 2. The molecule has 4 nitrogen and oxygen atoms in total. The number of likely N-dealkylation sites (tertiary alicyclic amines) is 2. The van der Waals surface area contributed by atoms with Crippen molar-refractivity contribution in [2.24, 2.45) is 17.8 Å². The van der Waals surface area contributed by atoms with Gasteiger partial charge in [0.25, 0.3) is 0 Å². The molecule has 4 heteroatoms. The second-order valence-electron chi connectivity index (χ2n) is 7.95. The molecule has 0 aromatic heterocycles. The van der Waals surface area contributed by atoms with Crippen LogP contribution in [0.15, 0.2) is 30.3 Å². The summed E-state index contributed by atoms with van der Waals surface area (Å²) in [4.78, 5) is 16.7. The van der Waals surface area contributed by atoms with Gasteiger partial charge in [0.15, 0.2) is 0 Å². The van der Waals surface area contributed by atoms with E-state index in [1.54, 1.807) is 0 Å². The van der Waals surface area contributed by atoms with Gasteiger partial charge in [0, 0.05) is 32.7 Å². The third-order valence-electron chi connectivity index (χ3n) is 5.15. The minimum absolute atomic E-state index is 0.127. The number of nitrogens with one attached hydrogen (secondary N) is 1. The average Bonchev–Trinajstić information content (AvgIpc) is 2.96. The van der Waals surface area contributed by atoms with Crippen molar-refractivity contribution in [2.45, 2.75) is 26.7 Å². The summed E-state index contributed by atoms with van der Waals surface area (Å²) in [6.07, 6.45) is 2.29. The molecule has 132 valence electrons. The lowest BCUT2D eigenvalue weighted by Crippen LogP contribution is -2.54. The van der Waals surface area contributed by atoms with Gasteiger partial charge in [-0.2, -0.15) is 0 Å². The number of amides is 2. The Morgan fingerprint density at radius 2 is 1.92 bits per heavy atom. The van der Waals surface area contributed by atoms with E-state index in [2.05, 4.69) is 54.4 Å². The molecule has 0 aliphatic carbocycles. The second-order valence-corrected chi connectivity index (χ2v) is 7.95. The molecule has 2 heterocycles. The molecule has 0 radical (unpaired) electrons. The maximum Gasteiger partial charge on any atom is 0.317 e. The number of rotatable bonds is 6. The van der Waals surface area contributed by atoms with Crippen molar-refractivity contribution < 1.29 is 4.79 Å². The van der Waals surface area contributed by atoms with Gasteiger partial charge in [0.1, 0.15) is 0 Å². The van der Waals surface area contributed by atoms with Crippen LogP contribution in [0.4, 0.5) is 4.79 Å². The minimum atomic E-state index is 0.127. The first-order valence-electron chi connectivity index (χ1n) is 9.39. The summed E-state index contributed by atoms with van der Waals surface area (Å²) in [5, 5.41) is 3.15. The van der Waals surface area contributed by atoms with E-state index in [0.29, 0.717) is 11.8 Å². The fourth-order valence-corrected chi connectivity index (χ4v) is 3.92. The second kappa shape index (κ2) is 8.02. The van der Waals surface area contributed by atoms with Crippen LogP contribution >= 0.6 is 0 Å². The van der Waals surface area contributed by atoms with E-state index in [4.69, 9.17) is 0 Å². The number of hydrogen-bond donors (Lipinski definition) is 1. The summed E-state index contributed by atoms with van der Waals surface area (Å²) in [5.41, 5.74) is 1.37. The van der Waals surface area contributed by atoms with Crippen molar-refractivity contribution >= 4 is 6.03 Å². The van der Waals surface area contributed by atoms with Gasteiger partial charge in [-0.25, -0.2) is 4.79 Å². The third kappa shape index (κ3) is 4.73. The topological polar surface area (TPSA) is 35.6 Å². The van der Waals surface area contributed by atoms with Crippen molar-refractivity contribution in [3.63, 3.8) is 0 Å². The highest BCUT2D eigenvalue weighted by Gasteiger charge is 2.31. The van der Waals surface area contributed by atoms with E-state index in [1.165, 1.54) is 25.1 Å². The first-order chi connectivity index (χ1) is 11.6. The minimum Gasteiger partial charge on any atom is -0.338 e. The fourth-order valence-electron chi connectivity index (χ4n) is 3.92. The molecule has 1 N–H and O–H groups in total. The zero-order chi connectivity index (χ0) is 16.9. The molecule has 1 unspecified atom stereocenters. The maximum absolute atomic E-state index is 12.2. The van der Waals surface area contributed by atoms with Gasteiger partial charge in [0.2, 0.25) is 0 Å². The van der Waals surface area contributed by atoms with Crippen molar-refractivity contribution in [3.05, 3.63) is 35.9 Å². The summed E-state index contributed by atoms with van der Waals surface area (Å²) in [7, 11) is 0.